The quantitative estimate of drug-likeness (QED) is 0.819. The summed E-state index contributed by atoms with van der Waals surface area (Å²) >= 11 is 5.95. The van der Waals surface area contributed by atoms with Crippen molar-refractivity contribution in [1.82, 2.24) is 5.32 Å². The highest BCUT2D eigenvalue weighted by Crippen LogP contribution is 2.18. The molecular weight excluding hydrogens is 241 g/mol. The maximum atomic E-state index is 13.0. The van der Waals surface area contributed by atoms with E-state index in [4.69, 9.17) is 16.3 Å². The second-order valence-corrected chi connectivity index (χ2v) is 4.84. The second-order valence-electron chi connectivity index (χ2n) is 4.44. The van der Waals surface area contributed by atoms with Gasteiger partial charge in [-0.25, -0.2) is 4.39 Å². The number of nitrogens with one attached hydrogen (secondary N) is 1. The highest BCUT2D eigenvalue weighted by atomic mass is 35.5. The number of ether oxygens (including phenoxy) is 1. The molecule has 0 radical (unpaired) electrons. The van der Waals surface area contributed by atoms with Crippen molar-refractivity contribution in [2.24, 2.45) is 5.92 Å². The Morgan fingerprint density at radius 3 is 3.12 bits per heavy atom. The summed E-state index contributed by atoms with van der Waals surface area (Å²) in [6.45, 7) is 3.29. The van der Waals surface area contributed by atoms with Gasteiger partial charge in [0.05, 0.1) is 6.61 Å². The predicted octanol–water partition coefficient (Wildman–Crippen LogP) is 3.00. The fourth-order valence-electron chi connectivity index (χ4n) is 2.05. The van der Waals surface area contributed by atoms with Crippen LogP contribution in [0, 0.1) is 11.7 Å². The largest absolute Gasteiger partial charge is 0.377 e. The Morgan fingerprint density at radius 2 is 2.35 bits per heavy atom. The highest BCUT2D eigenvalue weighted by molar-refractivity contribution is 6.31. The molecule has 1 atom stereocenters. The molecule has 0 saturated carbocycles. The van der Waals surface area contributed by atoms with Crippen molar-refractivity contribution in [3.05, 3.63) is 34.6 Å². The van der Waals surface area contributed by atoms with Gasteiger partial charge in [-0.3, -0.25) is 0 Å². The molecule has 94 valence electrons. The molecule has 1 aromatic rings. The van der Waals surface area contributed by atoms with Gasteiger partial charge in [0.15, 0.2) is 0 Å². The average Bonchev–Trinajstić information content (AvgIpc) is 2.82. The molecular formula is C13H17ClFNO. The molecule has 4 heteroatoms. The zero-order valence-electron chi connectivity index (χ0n) is 9.72. The van der Waals surface area contributed by atoms with E-state index < -0.39 is 0 Å². The number of halogens is 2. The molecule has 0 amide bonds. The molecule has 2 nitrogen and oxygen atoms in total. The normalized spacial score (nSPS) is 19.8. The van der Waals surface area contributed by atoms with Crippen LogP contribution in [0.1, 0.15) is 18.4 Å². The van der Waals surface area contributed by atoms with Crippen molar-refractivity contribution < 1.29 is 9.13 Å². The predicted molar refractivity (Wildman–Crippen MR) is 66.7 cm³/mol. The molecule has 17 heavy (non-hydrogen) atoms. The zero-order chi connectivity index (χ0) is 12.1. The Bertz CT molecular complexity index is 366. The molecule has 0 bridgehead atoms. The van der Waals surface area contributed by atoms with E-state index in [0.717, 1.165) is 31.0 Å². The molecule has 1 aliphatic rings. The fraction of sp³-hybridized carbons (Fsp3) is 0.538. The first-order chi connectivity index (χ1) is 8.25. The Balaban J connectivity index is 1.72. The van der Waals surface area contributed by atoms with Crippen LogP contribution in [0.15, 0.2) is 18.2 Å². The van der Waals surface area contributed by atoms with Gasteiger partial charge in [-0.15, -0.1) is 0 Å². The third kappa shape index (κ3) is 3.95. The number of rotatable bonds is 5. The van der Waals surface area contributed by atoms with Crippen molar-refractivity contribution in [3.8, 4) is 0 Å². The molecule has 1 unspecified atom stereocenters. The van der Waals surface area contributed by atoms with Gasteiger partial charge in [-0.1, -0.05) is 11.6 Å². The maximum Gasteiger partial charge on any atom is 0.123 e. The van der Waals surface area contributed by atoms with Crippen LogP contribution in [0.2, 0.25) is 5.02 Å². The molecule has 1 fully saturated rings. The molecule has 0 spiro atoms. The second kappa shape index (κ2) is 6.34. The lowest BCUT2D eigenvalue weighted by Gasteiger charge is -2.09. The summed E-state index contributed by atoms with van der Waals surface area (Å²) in [5, 5.41) is 3.89. The lowest BCUT2D eigenvalue weighted by atomic mass is 10.1. The standard InChI is InChI=1S/C13H17ClFNO/c14-13-2-1-12(15)7-11(13)9-17-6-4-10-3-5-16-8-10/h1-2,7,10,16H,3-6,8-9H2. The van der Waals surface area contributed by atoms with Gasteiger partial charge in [0, 0.05) is 11.6 Å². The monoisotopic (exact) mass is 257 g/mol. The third-order valence-electron chi connectivity index (χ3n) is 3.10. The first-order valence-corrected chi connectivity index (χ1v) is 6.36. The average molecular weight is 258 g/mol. The van der Waals surface area contributed by atoms with Crippen LogP contribution >= 0.6 is 11.6 Å². The van der Waals surface area contributed by atoms with E-state index in [-0.39, 0.29) is 5.82 Å². The molecule has 1 aliphatic heterocycles. The third-order valence-corrected chi connectivity index (χ3v) is 3.47. The van der Waals surface area contributed by atoms with Gasteiger partial charge in [0.1, 0.15) is 5.82 Å². The Hall–Kier alpha value is -0.640. The highest BCUT2D eigenvalue weighted by Gasteiger charge is 2.13. The molecule has 1 heterocycles. The van der Waals surface area contributed by atoms with E-state index >= 15 is 0 Å². The Morgan fingerprint density at radius 1 is 1.47 bits per heavy atom. The summed E-state index contributed by atoms with van der Waals surface area (Å²) in [7, 11) is 0. The minimum Gasteiger partial charge on any atom is -0.377 e. The van der Waals surface area contributed by atoms with Gasteiger partial charge in [0.2, 0.25) is 0 Å². The van der Waals surface area contributed by atoms with E-state index in [9.17, 15) is 4.39 Å². The fourth-order valence-corrected chi connectivity index (χ4v) is 2.22. The van der Waals surface area contributed by atoms with Crippen LogP contribution in [-0.4, -0.2) is 19.7 Å². The Kier molecular flexibility index (Phi) is 4.77. The molecule has 1 aromatic carbocycles. The van der Waals surface area contributed by atoms with Gasteiger partial charge in [-0.05, 0) is 55.6 Å². The topological polar surface area (TPSA) is 21.3 Å². The number of benzene rings is 1. The molecule has 0 aromatic heterocycles. The molecule has 1 saturated heterocycles. The summed E-state index contributed by atoms with van der Waals surface area (Å²) in [5.74, 6) is 0.450. The van der Waals surface area contributed by atoms with E-state index in [2.05, 4.69) is 5.32 Å². The van der Waals surface area contributed by atoms with Crippen molar-refractivity contribution in [1.29, 1.82) is 0 Å². The van der Waals surface area contributed by atoms with Crippen molar-refractivity contribution >= 4 is 11.6 Å². The molecule has 0 aliphatic carbocycles. The van der Waals surface area contributed by atoms with E-state index in [0.29, 0.717) is 18.2 Å². The lowest BCUT2D eigenvalue weighted by Crippen LogP contribution is -2.10. The molecule has 1 N–H and O–H groups in total. The summed E-state index contributed by atoms with van der Waals surface area (Å²) in [6.07, 6.45) is 2.28. The van der Waals surface area contributed by atoms with Crippen LogP contribution in [0.5, 0.6) is 0 Å². The lowest BCUT2D eigenvalue weighted by molar-refractivity contribution is 0.109. The first-order valence-electron chi connectivity index (χ1n) is 5.98. The van der Waals surface area contributed by atoms with Gasteiger partial charge in [0.25, 0.3) is 0 Å². The SMILES string of the molecule is Fc1ccc(Cl)c(COCCC2CCNC2)c1. The van der Waals surface area contributed by atoms with E-state index in [1.807, 2.05) is 0 Å². The van der Waals surface area contributed by atoms with E-state index in [1.54, 1.807) is 6.07 Å². The van der Waals surface area contributed by atoms with E-state index in [1.165, 1.54) is 18.6 Å². The first kappa shape index (κ1) is 12.8. The van der Waals surface area contributed by atoms with Crippen LogP contribution in [0.3, 0.4) is 0 Å². The van der Waals surface area contributed by atoms with Crippen molar-refractivity contribution in [2.45, 2.75) is 19.4 Å². The van der Waals surface area contributed by atoms with Crippen molar-refractivity contribution in [3.63, 3.8) is 0 Å². The summed E-state index contributed by atoms with van der Waals surface area (Å²) in [5.41, 5.74) is 0.719. The van der Waals surface area contributed by atoms with Gasteiger partial charge >= 0.3 is 0 Å². The van der Waals surface area contributed by atoms with Crippen LogP contribution in [0.25, 0.3) is 0 Å². The molecule has 2 rings (SSSR count). The van der Waals surface area contributed by atoms with Gasteiger partial charge in [-0.2, -0.15) is 0 Å². The van der Waals surface area contributed by atoms with Crippen molar-refractivity contribution in [2.75, 3.05) is 19.7 Å². The van der Waals surface area contributed by atoms with Crippen LogP contribution in [-0.2, 0) is 11.3 Å². The number of hydrogen-bond donors (Lipinski definition) is 1. The Labute approximate surface area is 106 Å². The minimum atomic E-state index is -0.270. The summed E-state index contributed by atoms with van der Waals surface area (Å²) in [4.78, 5) is 0. The summed E-state index contributed by atoms with van der Waals surface area (Å²) in [6, 6.07) is 4.35. The summed E-state index contributed by atoms with van der Waals surface area (Å²) < 4.78 is 18.5. The maximum absolute atomic E-state index is 13.0. The smallest absolute Gasteiger partial charge is 0.123 e. The number of hydrogen-bond acceptors (Lipinski definition) is 2. The zero-order valence-corrected chi connectivity index (χ0v) is 10.5. The van der Waals surface area contributed by atoms with Crippen LogP contribution in [0.4, 0.5) is 4.39 Å². The van der Waals surface area contributed by atoms with Gasteiger partial charge < -0.3 is 10.1 Å². The minimum absolute atomic E-state index is 0.270. The van der Waals surface area contributed by atoms with Crippen LogP contribution < -0.4 is 5.32 Å².